The zero-order chi connectivity index (χ0) is 8.97. The molecule has 0 aromatic heterocycles. The summed E-state index contributed by atoms with van der Waals surface area (Å²) in [6.45, 7) is 2.01. The van der Waals surface area contributed by atoms with Gasteiger partial charge in [-0.2, -0.15) is 0 Å². The summed E-state index contributed by atoms with van der Waals surface area (Å²) in [5.74, 6) is 7.45. The van der Waals surface area contributed by atoms with Crippen LogP contribution in [0.5, 0.6) is 0 Å². The van der Waals surface area contributed by atoms with Gasteiger partial charge in [0.05, 0.1) is 0 Å². The Kier molecular flexibility index (Phi) is 5.17. The molecule has 0 spiro atoms. The average molecular weight is 198 g/mol. The van der Waals surface area contributed by atoms with E-state index in [1.165, 1.54) is 5.56 Å². The Balaban J connectivity index is 0.00000144. The molecule has 0 aliphatic rings. The Morgan fingerprint density at radius 3 is 2.31 bits per heavy atom. The van der Waals surface area contributed by atoms with Crippen molar-refractivity contribution in [1.29, 1.82) is 0 Å². The van der Waals surface area contributed by atoms with Gasteiger partial charge >= 0.3 is 0 Å². The Labute approximate surface area is 84.5 Å². The lowest BCUT2D eigenvalue weighted by atomic mass is 10.1. The minimum absolute atomic E-state index is 0. The lowest BCUT2D eigenvalue weighted by Gasteiger charge is -2.07. The van der Waals surface area contributed by atoms with E-state index in [0.717, 1.165) is 5.56 Å². The van der Waals surface area contributed by atoms with Gasteiger partial charge in [0.1, 0.15) is 0 Å². The number of halogens is 1. The zero-order valence-electron chi connectivity index (χ0n) is 7.36. The van der Waals surface area contributed by atoms with Crippen molar-refractivity contribution < 1.29 is 4.84 Å². The van der Waals surface area contributed by atoms with Gasteiger partial charge in [0.2, 0.25) is 0 Å². The van der Waals surface area contributed by atoms with Gasteiger partial charge in [0, 0.05) is 0 Å². The number of aryl methyl sites for hydroxylation is 1. The molecule has 0 bridgehead atoms. The van der Waals surface area contributed by atoms with E-state index in [9.17, 15) is 0 Å². The summed E-state index contributed by atoms with van der Waals surface area (Å²) in [4.78, 5) is 4.59. The molecule has 0 saturated carbocycles. The van der Waals surface area contributed by atoms with Crippen molar-refractivity contribution in [3.63, 3.8) is 0 Å². The van der Waals surface area contributed by atoms with Crippen LogP contribution >= 0.6 is 12.4 Å². The summed E-state index contributed by atoms with van der Waals surface area (Å²) in [5, 5.41) is 0. The highest BCUT2D eigenvalue weighted by Crippen LogP contribution is 2.14. The maximum Gasteiger partial charge on any atom is 0.164 e. The van der Waals surface area contributed by atoms with Crippen LogP contribution in [0.25, 0.3) is 0 Å². The SMILES string of the molecule is C#CC(ON)c1ccc(C)cc1.Cl. The molecule has 0 saturated heterocycles. The second kappa shape index (κ2) is 5.60. The summed E-state index contributed by atoms with van der Waals surface area (Å²) < 4.78 is 0. The van der Waals surface area contributed by atoms with Gasteiger partial charge in [-0.3, -0.25) is 4.84 Å². The van der Waals surface area contributed by atoms with Crippen molar-refractivity contribution in [1.82, 2.24) is 0 Å². The fraction of sp³-hybridized carbons (Fsp3) is 0.200. The predicted octanol–water partition coefficient (Wildman–Crippen LogP) is 1.98. The molecular weight excluding hydrogens is 186 g/mol. The normalized spacial score (nSPS) is 11.2. The van der Waals surface area contributed by atoms with Gasteiger partial charge in [-0.05, 0) is 12.5 Å². The fourth-order valence-electron chi connectivity index (χ4n) is 0.955. The van der Waals surface area contributed by atoms with Gasteiger partial charge in [-0.1, -0.05) is 35.7 Å². The van der Waals surface area contributed by atoms with Crippen LogP contribution < -0.4 is 5.90 Å². The zero-order valence-corrected chi connectivity index (χ0v) is 8.17. The van der Waals surface area contributed by atoms with Crippen LogP contribution in [0.2, 0.25) is 0 Å². The number of terminal acetylenes is 1. The first-order valence-electron chi connectivity index (χ1n) is 3.66. The smallest absolute Gasteiger partial charge is 0.164 e. The molecule has 0 fully saturated rings. The molecule has 0 aliphatic heterocycles. The Morgan fingerprint density at radius 1 is 1.38 bits per heavy atom. The van der Waals surface area contributed by atoms with Crippen LogP contribution in [0.1, 0.15) is 17.2 Å². The van der Waals surface area contributed by atoms with Crippen molar-refractivity contribution in [3.8, 4) is 12.3 Å². The van der Waals surface area contributed by atoms with Crippen LogP contribution in [0.4, 0.5) is 0 Å². The minimum Gasteiger partial charge on any atom is -0.283 e. The lowest BCUT2D eigenvalue weighted by Crippen LogP contribution is -2.06. The predicted molar refractivity (Wildman–Crippen MR) is 55.3 cm³/mol. The second-order valence-electron chi connectivity index (χ2n) is 2.59. The molecule has 0 aliphatic carbocycles. The highest BCUT2D eigenvalue weighted by atomic mass is 35.5. The molecule has 1 rings (SSSR count). The quantitative estimate of drug-likeness (QED) is 0.581. The summed E-state index contributed by atoms with van der Waals surface area (Å²) >= 11 is 0. The third-order valence-corrected chi connectivity index (χ3v) is 1.67. The standard InChI is InChI=1S/C10H11NO.ClH/c1-3-10(12-11)9-6-4-8(2)5-7-9;/h1,4-7,10H,11H2,2H3;1H. The monoisotopic (exact) mass is 197 g/mol. The van der Waals surface area contributed by atoms with Crippen molar-refractivity contribution >= 4 is 12.4 Å². The molecule has 70 valence electrons. The first kappa shape index (κ1) is 12.0. The highest BCUT2D eigenvalue weighted by Gasteiger charge is 2.05. The fourth-order valence-corrected chi connectivity index (χ4v) is 0.955. The Bertz CT molecular complexity index is 289. The molecule has 1 atom stereocenters. The topological polar surface area (TPSA) is 35.2 Å². The number of nitrogens with two attached hydrogens (primary N) is 1. The largest absolute Gasteiger partial charge is 0.283 e. The number of benzene rings is 1. The minimum atomic E-state index is -0.439. The van der Waals surface area contributed by atoms with E-state index < -0.39 is 6.10 Å². The molecular formula is C10H12ClNO. The molecule has 2 N–H and O–H groups in total. The van der Waals surface area contributed by atoms with Gasteiger partial charge in [0.15, 0.2) is 6.10 Å². The van der Waals surface area contributed by atoms with E-state index in [4.69, 9.17) is 12.3 Å². The average Bonchev–Trinajstić information content (AvgIpc) is 2.10. The van der Waals surface area contributed by atoms with Crippen LogP contribution in [-0.2, 0) is 4.84 Å². The number of rotatable bonds is 2. The molecule has 0 radical (unpaired) electrons. The lowest BCUT2D eigenvalue weighted by molar-refractivity contribution is 0.0935. The van der Waals surface area contributed by atoms with Crippen molar-refractivity contribution in [2.24, 2.45) is 5.90 Å². The van der Waals surface area contributed by atoms with Crippen LogP contribution in [0.3, 0.4) is 0 Å². The van der Waals surface area contributed by atoms with Gasteiger partial charge in [0.25, 0.3) is 0 Å². The van der Waals surface area contributed by atoms with Crippen molar-refractivity contribution in [2.45, 2.75) is 13.0 Å². The molecule has 1 aromatic carbocycles. The summed E-state index contributed by atoms with van der Waals surface area (Å²) in [6, 6.07) is 7.76. The Morgan fingerprint density at radius 2 is 1.92 bits per heavy atom. The molecule has 1 aromatic rings. The maximum absolute atomic E-state index is 5.20. The van der Waals surface area contributed by atoms with Gasteiger partial charge in [-0.15, -0.1) is 18.8 Å². The number of hydrogen-bond donors (Lipinski definition) is 1. The summed E-state index contributed by atoms with van der Waals surface area (Å²) in [6.07, 6.45) is 4.76. The van der Waals surface area contributed by atoms with E-state index in [2.05, 4.69) is 10.8 Å². The molecule has 0 amide bonds. The summed E-state index contributed by atoms with van der Waals surface area (Å²) in [5.41, 5.74) is 2.09. The number of hydrogen-bond acceptors (Lipinski definition) is 2. The third-order valence-electron chi connectivity index (χ3n) is 1.67. The van der Waals surface area contributed by atoms with E-state index in [0.29, 0.717) is 0 Å². The molecule has 3 heteroatoms. The van der Waals surface area contributed by atoms with E-state index in [1.54, 1.807) is 0 Å². The van der Waals surface area contributed by atoms with E-state index in [-0.39, 0.29) is 12.4 Å². The third kappa shape index (κ3) is 3.08. The summed E-state index contributed by atoms with van der Waals surface area (Å²) in [7, 11) is 0. The van der Waals surface area contributed by atoms with E-state index in [1.807, 2.05) is 31.2 Å². The first-order valence-corrected chi connectivity index (χ1v) is 3.66. The van der Waals surface area contributed by atoms with E-state index >= 15 is 0 Å². The maximum atomic E-state index is 5.20. The molecule has 1 unspecified atom stereocenters. The second-order valence-corrected chi connectivity index (χ2v) is 2.59. The Hall–Kier alpha value is -1.01. The molecule has 13 heavy (non-hydrogen) atoms. The van der Waals surface area contributed by atoms with Crippen LogP contribution in [-0.4, -0.2) is 0 Å². The molecule has 0 heterocycles. The van der Waals surface area contributed by atoms with Crippen molar-refractivity contribution in [2.75, 3.05) is 0 Å². The van der Waals surface area contributed by atoms with Crippen LogP contribution in [0, 0.1) is 19.3 Å². The molecule has 2 nitrogen and oxygen atoms in total. The van der Waals surface area contributed by atoms with Gasteiger partial charge < -0.3 is 0 Å². The van der Waals surface area contributed by atoms with Crippen molar-refractivity contribution in [3.05, 3.63) is 35.4 Å². The first-order chi connectivity index (χ1) is 5.77. The van der Waals surface area contributed by atoms with Gasteiger partial charge in [-0.25, -0.2) is 5.90 Å². The highest BCUT2D eigenvalue weighted by molar-refractivity contribution is 5.85. The van der Waals surface area contributed by atoms with Crippen LogP contribution in [0.15, 0.2) is 24.3 Å².